The molecule has 3 aliphatic heterocycles. The molecule has 8 heteroatoms. The van der Waals surface area contributed by atoms with E-state index in [1.807, 2.05) is 0 Å². The molecule has 0 amide bonds. The second kappa shape index (κ2) is 8.90. The first kappa shape index (κ1) is 17.8. The highest BCUT2D eigenvalue weighted by Gasteiger charge is 2.33. The molecule has 0 aromatic heterocycles. The maximum atomic E-state index is 12.8. The average Bonchev–Trinajstić information content (AvgIpc) is 3.33. The van der Waals surface area contributed by atoms with Crippen molar-refractivity contribution in [3.8, 4) is 0 Å². The van der Waals surface area contributed by atoms with E-state index in [0.717, 1.165) is 58.3 Å². The van der Waals surface area contributed by atoms with Gasteiger partial charge in [0.15, 0.2) is 0 Å². The van der Waals surface area contributed by atoms with E-state index in [0.29, 0.717) is 0 Å². The highest BCUT2D eigenvalue weighted by molar-refractivity contribution is 7.48. The summed E-state index contributed by atoms with van der Waals surface area (Å²) in [5, 5.41) is 0. The minimum Gasteiger partial charge on any atom is -0.376 e. The van der Waals surface area contributed by atoms with Crippen molar-refractivity contribution < 1.29 is 32.3 Å². The van der Waals surface area contributed by atoms with E-state index in [1.165, 1.54) is 0 Å². The lowest BCUT2D eigenvalue weighted by Gasteiger charge is -2.22. The highest BCUT2D eigenvalue weighted by atomic mass is 31.2. The van der Waals surface area contributed by atoms with Crippen LogP contribution in [0.2, 0.25) is 0 Å². The molecule has 0 aromatic carbocycles. The molecule has 0 bridgehead atoms. The van der Waals surface area contributed by atoms with Crippen molar-refractivity contribution >= 4 is 7.82 Å². The lowest BCUT2D eigenvalue weighted by molar-refractivity contribution is 0.00359. The van der Waals surface area contributed by atoms with Crippen LogP contribution >= 0.6 is 7.82 Å². The Kier molecular flexibility index (Phi) is 6.89. The molecule has 0 radical (unpaired) electrons. The summed E-state index contributed by atoms with van der Waals surface area (Å²) in [5.74, 6) is 0. The largest absolute Gasteiger partial charge is 0.475 e. The number of ether oxygens (including phenoxy) is 3. The molecule has 3 rings (SSSR count). The van der Waals surface area contributed by atoms with Crippen molar-refractivity contribution in [2.24, 2.45) is 0 Å². The third kappa shape index (κ3) is 5.78. The maximum Gasteiger partial charge on any atom is 0.475 e. The first-order valence-corrected chi connectivity index (χ1v) is 10.1. The van der Waals surface area contributed by atoms with Crippen LogP contribution in [0.4, 0.5) is 0 Å². The second-order valence-electron chi connectivity index (χ2n) is 6.24. The van der Waals surface area contributed by atoms with Crippen LogP contribution in [0.15, 0.2) is 0 Å². The van der Waals surface area contributed by atoms with Gasteiger partial charge in [-0.05, 0) is 38.5 Å². The summed E-state index contributed by atoms with van der Waals surface area (Å²) in [6.07, 6.45) is 5.68. The fraction of sp³-hybridized carbons (Fsp3) is 1.00. The van der Waals surface area contributed by atoms with Crippen molar-refractivity contribution in [2.45, 2.75) is 56.8 Å². The Morgan fingerprint density at radius 3 is 1.30 bits per heavy atom. The molecule has 0 aromatic rings. The van der Waals surface area contributed by atoms with Gasteiger partial charge in [-0.25, -0.2) is 4.57 Å². The van der Waals surface area contributed by atoms with E-state index in [1.54, 1.807) is 0 Å². The Bertz CT molecular complexity index is 330. The Morgan fingerprint density at radius 1 is 0.696 bits per heavy atom. The van der Waals surface area contributed by atoms with Crippen molar-refractivity contribution in [1.82, 2.24) is 0 Å². The van der Waals surface area contributed by atoms with Crippen molar-refractivity contribution in [2.75, 3.05) is 39.6 Å². The van der Waals surface area contributed by atoms with Gasteiger partial charge in [0.05, 0.1) is 38.1 Å². The van der Waals surface area contributed by atoms with Gasteiger partial charge in [-0.3, -0.25) is 13.6 Å². The number of hydrogen-bond donors (Lipinski definition) is 0. The minimum absolute atomic E-state index is 0.0269. The van der Waals surface area contributed by atoms with Crippen LogP contribution in [0.1, 0.15) is 38.5 Å². The number of phosphoric ester groups is 1. The normalized spacial score (nSPS) is 31.9. The fourth-order valence-corrected chi connectivity index (χ4v) is 4.23. The summed E-state index contributed by atoms with van der Waals surface area (Å²) in [7, 11) is -3.62. The summed E-state index contributed by atoms with van der Waals surface area (Å²) >= 11 is 0. The Balaban J connectivity index is 1.47. The van der Waals surface area contributed by atoms with E-state index >= 15 is 0 Å². The lowest BCUT2D eigenvalue weighted by atomic mass is 10.2. The summed E-state index contributed by atoms with van der Waals surface area (Å²) in [6, 6.07) is 0. The molecule has 7 nitrogen and oxygen atoms in total. The molecule has 3 heterocycles. The van der Waals surface area contributed by atoms with Gasteiger partial charge >= 0.3 is 7.82 Å². The van der Waals surface area contributed by atoms with Crippen LogP contribution in [0, 0.1) is 0 Å². The topological polar surface area (TPSA) is 72.5 Å². The lowest BCUT2D eigenvalue weighted by Crippen LogP contribution is -2.20. The molecule has 0 N–H and O–H groups in total. The quantitative estimate of drug-likeness (QED) is 0.592. The zero-order chi connectivity index (χ0) is 16.0. The third-order valence-electron chi connectivity index (χ3n) is 4.33. The molecule has 23 heavy (non-hydrogen) atoms. The Labute approximate surface area is 137 Å². The van der Waals surface area contributed by atoms with E-state index in [9.17, 15) is 4.57 Å². The maximum absolute atomic E-state index is 12.8. The van der Waals surface area contributed by atoms with Gasteiger partial charge in [0, 0.05) is 19.8 Å². The predicted molar refractivity (Wildman–Crippen MR) is 82.4 cm³/mol. The second-order valence-corrected chi connectivity index (χ2v) is 7.91. The number of rotatable bonds is 9. The van der Waals surface area contributed by atoms with Gasteiger partial charge in [0.2, 0.25) is 0 Å². The molecule has 3 saturated heterocycles. The van der Waals surface area contributed by atoms with Crippen molar-refractivity contribution in [3.63, 3.8) is 0 Å². The SMILES string of the molecule is O=P(OC[C@H]1CCCO1)(OC[C@H]1CCCO1)OC[C@H]1CCCO1. The molecule has 3 fully saturated rings. The van der Waals surface area contributed by atoms with E-state index in [4.69, 9.17) is 27.8 Å². The Hall–Kier alpha value is -0.0100. The highest BCUT2D eigenvalue weighted by Crippen LogP contribution is 2.50. The van der Waals surface area contributed by atoms with Crippen LogP contribution < -0.4 is 0 Å². The molecule has 0 aliphatic carbocycles. The van der Waals surface area contributed by atoms with E-state index in [2.05, 4.69) is 0 Å². The van der Waals surface area contributed by atoms with Gasteiger partial charge in [-0.2, -0.15) is 0 Å². The van der Waals surface area contributed by atoms with Gasteiger partial charge in [-0.15, -0.1) is 0 Å². The predicted octanol–water partition coefficient (Wildman–Crippen LogP) is 2.68. The van der Waals surface area contributed by atoms with Crippen LogP contribution in [-0.2, 0) is 32.3 Å². The van der Waals surface area contributed by atoms with Crippen LogP contribution in [0.3, 0.4) is 0 Å². The first-order chi connectivity index (χ1) is 11.2. The van der Waals surface area contributed by atoms with Crippen LogP contribution in [-0.4, -0.2) is 58.0 Å². The van der Waals surface area contributed by atoms with Gasteiger partial charge in [-0.1, -0.05) is 0 Å². The van der Waals surface area contributed by atoms with Gasteiger partial charge in [0.25, 0.3) is 0 Å². The van der Waals surface area contributed by atoms with Gasteiger partial charge in [0.1, 0.15) is 0 Å². The van der Waals surface area contributed by atoms with Crippen LogP contribution in [0.25, 0.3) is 0 Å². The van der Waals surface area contributed by atoms with Gasteiger partial charge < -0.3 is 14.2 Å². The monoisotopic (exact) mass is 350 g/mol. The Morgan fingerprint density at radius 2 is 1.04 bits per heavy atom. The van der Waals surface area contributed by atoms with Crippen molar-refractivity contribution in [1.29, 1.82) is 0 Å². The number of hydrogen-bond acceptors (Lipinski definition) is 7. The standard InChI is InChI=1S/C15H27O7P/c16-23(20-10-13-4-1-7-17-13,21-11-14-5-2-8-18-14)22-12-15-6-3-9-19-15/h13-15H,1-12H2/t13-,14-,15-/m1/s1. The molecule has 134 valence electrons. The molecule has 0 spiro atoms. The molecule has 0 saturated carbocycles. The third-order valence-corrected chi connectivity index (χ3v) is 5.72. The van der Waals surface area contributed by atoms with Crippen LogP contribution in [0.5, 0.6) is 0 Å². The molecular weight excluding hydrogens is 323 g/mol. The smallest absolute Gasteiger partial charge is 0.376 e. The van der Waals surface area contributed by atoms with Crippen molar-refractivity contribution in [3.05, 3.63) is 0 Å². The summed E-state index contributed by atoms with van der Waals surface area (Å²) in [4.78, 5) is 0. The molecule has 3 aliphatic rings. The van der Waals surface area contributed by atoms with E-state index < -0.39 is 7.82 Å². The average molecular weight is 350 g/mol. The summed E-state index contributed by atoms with van der Waals surface area (Å²) in [5.41, 5.74) is 0. The minimum atomic E-state index is -3.62. The number of phosphoric acid groups is 1. The molecule has 0 unspecified atom stereocenters. The fourth-order valence-electron chi connectivity index (χ4n) is 2.96. The first-order valence-electron chi connectivity index (χ1n) is 8.62. The molecular formula is C15H27O7P. The summed E-state index contributed by atoms with van der Waals surface area (Å²) < 4.78 is 45.9. The van der Waals surface area contributed by atoms with E-state index in [-0.39, 0.29) is 38.1 Å². The molecule has 3 atom stereocenters. The zero-order valence-corrected chi connectivity index (χ0v) is 14.4. The zero-order valence-electron chi connectivity index (χ0n) is 13.5. The summed E-state index contributed by atoms with van der Waals surface area (Å²) in [6.45, 7) is 2.88.